The van der Waals surface area contributed by atoms with Crippen LogP contribution in [0.5, 0.6) is 0 Å². The number of nitrogens with one attached hydrogen (secondary N) is 1. The maximum absolute atomic E-state index is 12.6. The first-order chi connectivity index (χ1) is 9.97. The predicted molar refractivity (Wildman–Crippen MR) is 86.0 cm³/mol. The Morgan fingerprint density at radius 3 is 2.52 bits per heavy atom. The van der Waals surface area contributed by atoms with Gasteiger partial charge in [0.1, 0.15) is 0 Å². The number of aryl methyl sites for hydroxylation is 1. The average Bonchev–Trinajstić information content (AvgIpc) is 2.83. The molecule has 0 spiro atoms. The highest BCUT2D eigenvalue weighted by molar-refractivity contribution is 7.93. The van der Waals surface area contributed by atoms with Gasteiger partial charge in [0.25, 0.3) is 10.0 Å². The molecule has 21 heavy (non-hydrogen) atoms. The van der Waals surface area contributed by atoms with Crippen molar-refractivity contribution in [2.45, 2.75) is 11.8 Å². The summed E-state index contributed by atoms with van der Waals surface area (Å²) in [4.78, 5) is 4.32. The number of benzene rings is 2. The maximum Gasteiger partial charge on any atom is 0.264 e. The SMILES string of the molecule is Cc1csc(NS(=O)(=O)c2ccc(N)c3ccccc23)n1. The van der Waals surface area contributed by atoms with Crippen molar-refractivity contribution < 1.29 is 8.42 Å². The Kier molecular flexibility index (Phi) is 3.30. The van der Waals surface area contributed by atoms with Crippen LogP contribution in [0.2, 0.25) is 0 Å². The van der Waals surface area contributed by atoms with E-state index in [1.165, 1.54) is 17.4 Å². The van der Waals surface area contributed by atoms with E-state index in [4.69, 9.17) is 5.73 Å². The van der Waals surface area contributed by atoms with Crippen LogP contribution in [0.1, 0.15) is 5.69 Å². The second-order valence-corrected chi connectivity index (χ2v) is 7.11. The summed E-state index contributed by atoms with van der Waals surface area (Å²) < 4.78 is 27.6. The Morgan fingerprint density at radius 2 is 1.86 bits per heavy atom. The van der Waals surface area contributed by atoms with Gasteiger partial charge in [0.15, 0.2) is 5.13 Å². The van der Waals surface area contributed by atoms with E-state index >= 15 is 0 Å². The van der Waals surface area contributed by atoms with E-state index in [1.54, 1.807) is 29.6 Å². The molecule has 1 heterocycles. The summed E-state index contributed by atoms with van der Waals surface area (Å²) in [6.45, 7) is 1.81. The Morgan fingerprint density at radius 1 is 1.14 bits per heavy atom. The lowest BCUT2D eigenvalue weighted by Gasteiger charge is -2.10. The van der Waals surface area contributed by atoms with Crippen molar-refractivity contribution in [2.24, 2.45) is 0 Å². The van der Waals surface area contributed by atoms with Crippen molar-refractivity contribution in [3.8, 4) is 0 Å². The van der Waals surface area contributed by atoms with Crippen LogP contribution in [-0.2, 0) is 10.0 Å². The Hall–Kier alpha value is -2.12. The number of nitrogens with zero attached hydrogens (tertiary/aromatic N) is 1. The third kappa shape index (κ3) is 2.57. The van der Waals surface area contributed by atoms with Crippen LogP contribution in [0.3, 0.4) is 0 Å². The fourth-order valence-electron chi connectivity index (χ4n) is 2.10. The zero-order valence-corrected chi connectivity index (χ0v) is 12.8. The number of hydrogen-bond acceptors (Lipinski definition) is 5. The van der Waals surface area contributed by atoms with Gasteiger partial charge in [-0.15, -0.1) is 11.3 Å². The lowest BCUT2D eigenvalue weighted by atomic mass is 10.1. The molecule has 0 fully saturated rings. The second kappa shape index (κ2) is 5.01. The number of fused-ring (bicyclic) bond motifs is 1. The largest absolute Gasteiger partial charge is 0.398 e. The number of hydrogen-bond donors (Lipinski definition) is 2. The highest BCUT2D eigenvalue weighted by Crippen LogP contribution is 2.29. The number of thiazole rings is 1. The molecule has 3 aromatic rings. The van der Waals surface area contributed by atoms with Gasteiger partial charge in [0, 0.05) is 21.8 Å². The number of sulfonamides is 1. The molecule has 0 unspecified atom stereocenters. The highest BCUT2D eigenvalue weighted by Gasteiger charge is 2.19. The summed E-state index contributed by atoms with van der Waals surface area (Å²) in [5.74, 6) is 0. The molecule has 0 amide bonds. The molecule has 0 aliphatic carbocycles. The van der Waals surface area contributed by atoms with Gasteiger partial charge in [-0.2, -0.15) is 0 Å². The monoisotopic (exact) mass is 319 g/mol. The molecule has 0 saturated carbocycles. The zero-order valence-electron chi connectivity index (χ0n) is 11.2. The fraction of sp³-hybridized carbons (Fsp3) is 0.0714. The summed E-state index contributed by atoms with van der Waals surface area (Å²) in [5, 5.41) is 3.46. The molecule has 5 nitrogen and oxygen atoms in total. The van der Waals surface area contributed by atoms with E-state index in [1.807, 2.05) is 13.0 Å². The summed E-state index contributed by atoms with van der Waals surface area (Å²) >= 11 is 1.25. The van der Waals surface area contributed by atoms with Gasteiger partial charge in [-0.1, -0.05) is 24.3 Å². The highest BCUT2D eigenvalue weighted by atomic mass is 32.2. The molecule has 0 saturated heterocycles. The van der Waals surface area contributed by atoms with Gasteiger partial charge in [0.2, 0.25) is 0 Å². The Bertz CT molecular complexity index is 917. The summed E-state index contributed by atoms with van der Waals surface area (Å²) in [7, 11) is -3.70. The third-order valence-electron chi connectivity index (χ3n) is 3.05. The smallest absolute Gasteiger partial charge is 0.264 e. The maximum atomic E-state index is 12.6. The van der Waals surface area contributed by atoms with Crippen LogP contribution in [0.15, 0.2) is 46.7 Å². The molecule has 0 bridgehead atoms. The number of anilines is 2. The van der Waals surface area contributed by atoms with E-state index in [2.05, 4.69) is 9.71 Å². The Balaban J connectivity index is 2.13. The second-order valence-electron chi connectivity index (χ2n) is 4.60. The van der Waals surface area contributed by atoms with E-state index in [9.17, 15) is 8.42 Å². The van der Waals surface area contributed by atoms with E-state index in [0.717, 1.165) is 11.1 Å². The molecule has 0 aliphatic heterocycles. The van der Waals surface area contributed by atoms with E-state index in [0.29, 0.717) is 16.2 Å². The lowest BCUT2D eigenvalue weighted by molar-refractivity contribution is 0.602. The van der Waals surface area contributed by atoms with Crippen LogP contribution in [0.4, 0.5) is 10.8 Å². The first kappa shape index (κ1) is 13.8. The van der Waals surface area contributed by atoms with Gasteiger partial charge in [-0.25, -0.2) is 13.4 Å². The molecular weight excluding hydrogens is 306 g/mol. The van der Waals surface area contributed by atoms with Crippen molar-refractivity contribution in [3.05, 3.63) is 47.5 Å². The van der Waals surface area contributed by atoms with Crippen LogP contribution >= 0.6 is 11.3 Å². The molecule has 0 aliphatic rings. The predicted octanol–water partition coefficient (Wildman–Crippen LogP) is 2.99. The molecule has 2 aromatic carbocycles. The topological polar surface area (TPSA) is 85.1 Å². The van der Waals surface area contributed by atoms with E-state index in [-0.39, 0.29) is 4.90 Å². The van der Waals surface area contributed by atoms with Crippen molar-refractivity contribution >= 4 is 43.0 Å². The quantitative estimate of drug-likeness (QED) is 0.727. The summed E-state index contributed by atoms with van der Waals surface area (Å²) in [5.41, 5.74) is 7.23. The molecule has 0 atom stereocenters. The van der Waals surface area contributed by atoms with Gasteiger partial charge in [0.05, 0.1) is 10.6 Å². The lowest BCUT2D eigenvalue weighted by Crippen LogP contribution is -2.13. The van der Waals surface area contributed by atoms with Crippen molar-refractivity contribution in [3.63, 3.8) is 0 Å². The molecule has 0 radical (unpaired) electrons. The number of nitrogens with two attached hydrogens (primary N) is 1. The molecule has 3 rings (SSSR count). The van der Waals surface area contributed by atoms with Crippen molar-refractivity contribution in [1.82, 2.24) is 4.98 Å². The van der Waals surface area contributed by atoms with Gasteiger partial charge < -0.3 is 5.73 Å². The van der Waals surface area contributed by atoms with Crippen LogP contribution in [0, 0.1) is 6.92 Å². The normalized spacial score (nSPS) is 11.7. The van der Waals surface area contributed by atoms with Gasteiger partial charge >= 0.3 is 0 Å². The number of nitrogen functional groups attached to an aromatic ring is 1. The molecule has 7 heteroatoms. The summed E-state index contributed by atoms with van der Waals surface area (Å²) in [6, 6.07) is 10.3. The summed E-state index contributed by atoms with van der Waals surface area (Å²) in [6.07, 6.45) is 0. The molecular formula is C14H13N3O2S2. The zero-order chi connectivity index (χ0) is 15.0. The third-order valence-corrected chi connectivity index (χ3v) is 5.45. The average molecular weight is 319 g/mol. The standard InChI is InChI=1S/C14H13N3O2S2/c1-9-8-20-14(16-9)17-21(18,19)13-7-6-12(15)10-4-2-3-5-11(10)13/h2-8H,15H2,1H3,(H,16,17). The Labute approximate surface area is 126 Å². The molecule has 1 aromatic heterocycles. The minimum absolute atomic E-state index is 0.195. The van der Waals surface area contributed by atoms with Crippen molar-refractivity contribution in [2.75, 3.05) is 10.5 Å². The minimum atomic E-state index is -3.70. The van der Waals surface area contributed by atoms with Gasteiger partial charge in [-0.05, 0) is 19.1 Å². The molecule has 108 valence electrons. The van der Waals surface area contributed by atoms with Crippen LogP contribution in [-0.4, -0.2) is 13.4 Å². The van der Waals surface area contributed by atoms with Crippen molar-refractivity contribution in [1.29, 1.82) is 0 Å². The fourth-order valence-corrected chi connectivity index (χ4v) is 4.25. The van der Waals surface area contributed by atoms with Gasteiger partial charge in [-0.3, -0.25) is 4.72 Å². The first-order valence-corrected chi connectivity index (χ1v) is 8.56. The molecule has 3 N–H and O–H groups in total. The first-order valence-electron chi connectivity index (χ1n) is 6.19. The van der Waals surface area contributed by atoms with E-state index < -0.39 is 10.0 Å². The number of aromatic nitrogens is 1. The van der Waals surface area contributed by atoms with Crippen LogP contribution < -0.4 is 10.5 Å². The minimum Gasteiger partial charge on any atom is -0.398 e. The van der Waals surface area contributed by atoms with Crippen LogP contribution in [0.25, 0.3) is 10.8 Å². The number of rotatable bonds is 3.